The molecule has 2 aromatic rings. The molecule has 104 valence electrons. The number of hydrogen-bond acceptors (Lipinski definition) is 3. The number of amides is 1. The van der Waals surface area contributed by atoms with Crippen molar-refractivity contribution in [2.24, 2.45) is 12.8 Å². The number of rotatable bonds is 3. The molecule has 0 atom stereocenters. The lowest BCUT2D eigenvalue weighted by atomic mass is 10.0. The van der Waals surface area contributed by atoms with Gasteiger partial charge in [-0.2, -0.15) is 5.10 Å². The summed E-state index contributed by atoms with van der Waals surface area (Å²) in [6.45, 7) is 3.89. The quantitative estimate of drug-likeness (QED) is 0.846. The van der Waals surface area contributed by atoms with Crippen LogP contribution < -0.4 is 11.1 Å². The molecule has 0 bridgehead atoms. The third-order valence-corrected chi connectivity index (χ3v) is 3.51. The first-order valence-corrected chi connectivity index (χ1v) is 6.52. The maximum Gasteiger partial charge on any atom is 0.257 e. The highest BCUT2D eigenvalue weighted by atomic mass is 32.1. The molecule has 0 spiro atoms. The highest BCUT2D eigenvalue weighted by Crippen LogP contribution is 2.18. The molecule has 0 saturated carbocycles. The second kappa shape index (κ2) is 5.42. The van der Waals surface area contributed by atoms with Crippen LogP contribution in [0.15, 0.2) is 24.4 Å². The number of carbonyl (C=O) groups excluding carboxylic acids is 1. The van der Waals surface area contributed by atoms with Crippen molar-refractivity contribution in [1.29, 1.82) is 0 Å². The molecule has 3 N–H and O–H groups in total. The monoisotopic (exact) mass is 288 g/mol. The van der Waals surface area contributed by atoms with Gasteiger partial charge in [-0.25, -0.2) is 0 Å². The molecule has 0 saturated heterocycles. The molecule has 0 aliphatic heterocycles. The van der Waals surface area contributed by atoms with Gasteiger partial charge in [0.25, 0.3) is 5.91 Å². The first kappa shape index (κ1) is 14.2. The Kier molecular flexibility index (Phi) is 3.85. The van der Waals surface area contributed by atoms with Gasteiger partial charge in [-0.15, -0.1) is 0 Å². The zero-order chi connectivity index (χ0) is 14.9. The van der Waals surface area contributed by atoms with Crippen LogP contribution in [0, 0.1) is 13.8 Å². The topological polar surface area (TPSA) is 72.9 Å². The Hall–Kier alpha value is -2.21. The van der Waals surface area contributed by atoms with Crippen molar-refractivity contribution >= 4 is 28.9 Å². The van der Waals surface area contributed by atoms with Gasteiger partial charge in [-0.05, 0) is 31.0 Å². The third-order valence-electron chi connectivity index (χ3n) is 3.29. The zero-order valence-electron chi connectivity index (χ0n) is 11.6. The summed E-state index contributed by atoms with van der Waals surface area (Å²) in [7, 11) is 1.72. The van der Waals surface area contributed by atoms with Crippen LogP contribution in [-0.2, 0) is 7.05 Å². The lowest BCUT2D eigenvalue weighted by Crippen LogP contribution is -2.19. The molecule has 6 heteroatoms. The Labute approximate surface area is 122 Å². The Balaban J connectivity index is 2.35. The summed E-state index contributed by atoms with van der Waals surface area (Å²) >= 11 is 4.95. The summed E-state index contributed by atoms with van der Waals surface area (Å²) < 4.78 is 1.54. The van der Waals surface area contributed by atoms with Crippen LogP contribution in [-0.4, -0.2) is 20.7 Å². The number of nitrogens with one attached hydrogen (secondary N) is 1. The van der Waals surface area contributed by atoms with Crippen molar-refractivity contribution in [2.75, 3.05) is 5.32 Å². The fourth-order valence-electron chi connectivity index (χ4n) is 1.94. The number of nitrogens with two attached hydrogens (primary N) is 1. The second-order valence-corrected chi connectivity index (χ2v) is 5.04. The number of thiocarbonyl (C=S) groups is 1. The minimum atomic E-state index is -0.202. The van der Waals surface area contributed by atoms with Crippen molar-refractivity contribution < 1.29 is 4.79 Å². The fourth-order valence-corrected chi connectivity index (χ4v) is 2.09. The highest BCUT2D eigenvalue weighted by Gasteiger charge is 2.16. The zero-order valence-corrected chi connectivity index (χ0v) is 12.4. The summed E-state index contributed by atoms with van der Waals surface area (Å²) in [6.07, 6.45) is 1.54. The summed E-state index contributed by atoms with van der Waals surface area (Å²) in [4.78, 5) is 12.6. The van der Waals surface area contributed by atoms with Crippen LogP contribution in [0.25, 0.3) is 0 Å². The Morgan fingerprint density at radius 2 is 2.05 bits per heavy atom. The molecule has 0 fully saturated rings. The number of carbonyl (C=O) groups is 1. The van der Waals surface area contributed by atoms with E-state index in [1.807, 2.05) is 26.0 Å². The van der Waals surface area contributed by atoms with E-state index in [9.17, 15) is 4.79 Å². The van der Waals surface area contributed by atoms with Gasteiger partial charge in [0.05, 0.1) is 11.8 Å². The fraction of sp³-hybridized carbons (Fsp3) is 0.214. The molecule has 1 aromatic carbocycles. The van der Waals surface area contributed by atoms with Crippen molar-refractivity contribution in [3.8, 4) is 0 Å². The third kappa shape index (κ3) is 2.55. The molecule has 0 unspecified atom stereocenters. The number of benzene rings is 1. The first-order valence-electron chi connectivity index (χ1n) is 6.11. The number of aryl methyl sites for hydroxylation is 2. The number of anilines is 1. The molecule has 1 aromatic heterocycles. The Morgan fingerprint density at radius 1 is 1.35 bits per heavy atom. The van der Waals surface area contributed by atoms with E-state index in [-0.39, 0.29) is 10.9 Å². The van der Waals surface area contributed by atoms with Gasteiger partial charge in [-0.3, -0.25) is 9.48 Å². The Bertz CT molecular complexity index is 690. The van der Waals surface area contributed by atoms with Crippen molar-refractivity contribution in [3.05, 3.63) is 46.6 Å². The summed E-state index contributed by atoms with van der Waals surface area (Å²) in [5.74, 6) is 0.302. The van der Waals surface area contributed by atoms with E-state index in [4.69, 9.17) is 18.0 Å². The van der Waals surface area contributed by atoms with Gasteiger partial charge in [0.1, 0.15) is 10.8 Å². The predicted molar refractivity (Wildman–Crippen MR) is 83.0 cm³/mol. The van der Waals surface area contributed by atoms with Gasteiger partial charge >= 0.3 is 0 Å². The molecular formula is C14H16N4OS. The number of nitrogens with zero attached hydrogens (tertiary/aromatic N) is 2. The average Bonchev–Trinajstić information content (AvgIpc) is 2.74. The van der Waals surface area contributed by atoms with E-state index in [0.29, 0.717) is 16.9 Å². The summed E-state index contributed by atoms with van der Waals surface area (Å²) in [5.41, 5.74) is 8.82. The largest absolute Gasteiger partial charge is 0.389 e. The van der Waals surface area contributed by atoms with E-state index in [0.717, 1.165) is 11.1 Å². The molecule has 0 aliphatic carbocycles. The lowest BCUT2D eigenvalue weighted by molar-refractivity contribution is 0.102. The van der Waals surface area contributed by atoms with E-state index in [2.05, 4.69) is 10.4 Å². The van der Waals surface area contributed by atoms with Gasteiger partial charge in [-0.1, -0.05) is 24.4 Å². The minimum absolute atomic E-state index is 0.202. The molecule has 0 radical (unpaired) electrons. The van der Waals surface area contributed by atoms with Crippen LogP contribution in [0.4, 0.5) is 5.82 Å². The molecule has 0 aliphatic rings. The van der Waals surface area contributed by atoms with Crippen LogP contribution in [0.2, 0.25) is 0 Å². The summed E-state index contributed by atoms with van der Waals surface area (Å²) in [5, 5.41) is 6.88. The SMILES string of the molecule is Cc1cccc(C(=O)Nc2c(C(N)=S)cnn2C)c1C. The first-order chi connectivity index (χ1) is 9.41. The molecule has 1 heterocycles. The highest BCUT2D eigenvalue weighted by molar-refractivity contribution is 7.80. The van der Waals surface area contributed by atoms with Crippen LogP contribution >= 0.6 is 12.2 Å². The molecule has 2 rings (SSSR count). The van der Waals surface area contributed by atoms with E-state index >= 15 is 0 Å². The standard InChI is InChI=1S/C14H16N4OS/c1-8-5-4-6-10(9(8)2)14(19)17-13-11(12(15)20)7-16-18(13)3/h4-7H,1-3H3,(H2,15,20)(H,17,19). The van der Waals surface area contributed by atoms with E-state index < -0.39 is 0 Å². The summed E-state index contributed by atoms with van der Waals surface area (Å²) in [6, 6.07) is 5.61. The minimum Gasteiger partial charge on any atom is -0.389 e. The molecule has 1 amide bonds. The maximum absolute atomic E-state index is 12.4. The smallest absolute Gasteiger partial charge is 0.257 e. The second-order valence-electron chi connectivity index (χ2n) is 4.60. The predicted octanol–water partition coefficient (Wildman–Crippen LogP) is 1.92. The molecule has 20 heavy (non-hydrogen) atoms. The number of aromatic nitrogens is 2. The van der Waals surface area contributed by atoms with Crippen LogP contribution in [0.1, 0.15) is 27.0 Å². The molecule has 5 nitrogen and oxygen atoms in total. The van der Waals surface area contributed by atoms with Gasteiger partial charge in [0.15, 0.2) is 0 Å². The number of hydrogen-bond donors (Lipinski definition) is 2. The van der Waals surface area contributed by atoms with Crippen LogP contribution in [0.5, 0.6) is 0 Å². The Morgan fingerprint density at radius 3 is 2.70 bits per heavy atom. The van der Waals surface area contributed by atoms with Gasteiger partial charge < -0.3 is 11.1 Å². The van der Waals surface area contributed by atoms with E-state index in [1.54, 1.807) is 19.3 Å². The van der Waals surface area contributed by atoms with Crippen molar-refractivity contribution in [1.82, 2.24) is 9.78 Å². The van der Waals surface area contributed by atoms with Crippen molar-refractivity contribution in [3.63, 3.8) is 0 Å². The molecular weight excluding hydrogens is 272 g/mol. The average molecular weight is 288 g/mol. The van der Waals surface area contributed by atoms with Crippen molar-refractivity contribution in [2.45, 2.75) is 13.8 Å². The van der Waals surface area contributed by atoms with Gasteiger partial charge in [0, 0.05) is 12.6 Å². The lowest BCUT2D eigenvalue weighted by Gasteiger charge is -2.11. The van der Waals surface area contributed by atoms with E-state index in [1.165, 1.54) is 4.68 Å². The van der Waals surface area contributed by atoms with Gasteiger partial charge in [0.2, 0.25) is 0 Å². The maximum atomic E-state index is 12.4. The normalized spacial score (nSPS) is 10.3. The van der Waals surface area contributed by atoms with Crippen LogP contribution in [0.3, 0.4) is 0 Å².